The highest BCUT2D eigenvalue weighted by atomic mass is 35.5. The van der Waals surface area contributed by atoms with Crippen LogP contribution in [0.15, 0.2) is 24.3 Å². The molecule has 1 atom stereocenters. The summed E-state index contributed by atoms with van der Waals surface area (Å²) in [6.07, 6.45) is 2.52. The summed E-state index contributed by atoms with van der Waals surface area (Å²) in [6.45, 7) is 6.27. The zero-order valence-electron chi connectivity index (χ0n) is 14.5. The van der Waals surface area contributed by atoms with Crippen molar-refractivity contribution in [2.45, 2.75) is 57.4 Å². The topological polar surface area (TPSA) is 66.4 Å². The highest BCUT2D eigenvalue weighted by molar-refractivity contribution is 6.31. The molecule has 4 nitrogen and oxygen atoms in total. The molecule has 1 amide bonds. The van der Waals surface area contributed by atoms with Gasteiger partial charge in [-0.15, -0.1) is 11.6 Å². The van der Waals surface area contributed by atoms with E-state index in [1.807, 2.05) is 19.1 Å². The van der Waals surface area contributed by atoms with Crippen molar-refractivity contribution in [2.75, 3.05) is 0 Å². The van der Waals surface area contributed by atoms with Crippen LogP contribution in [0.3, 0.4) is 0 Å². The number of benzene rings is 1. The minimum absolute atomic E-state index is 0.439. The second-order valence-corrected chi connectivity index (χ2v) is 7.67. The first-order valence-electron chi connectivity index (χ1n) is 8.51. The minimum atomic E-state index is -1.19. The van der Waals surface area contributed by atoms with Gasteiger partial charge in [-0.2, -0.15) is 0 Å². The maximum Gasteiger partial charge on any atom is 0.329 e. The van der Waals surface area contributed by atoms with Crippen molar-refractivity contribution in [2.24, 2.45) is 11.8 Å². The van der Waals surface area contributed by atoms with Crippen LogP contribution in [-0.4, -0.2) is 22.5 Å². The molecule has 1 aliphatic carbocycles. The summed E-state index contributed by atoms with van der Waals surface area (Å²) >= 11 is 6.27. The van der Waals surface area contributed by atoms with E-state index in [-0.39, 0.29) is 0 Å². The number of aliphatic carboxylic acids is 1. The number of carbonyl (C=O) groups excluding carboxylic acids is 1. The molecule has 0 aromatic heterocycles. The van der Waals surface area contributed by atoms with Crippen LogP contribution in [0.25, 0.3) is 0 Å². The summed E-state index contributed by atoms with van der Waals surface area (Å²) in [5.41, 5.74) is 0.563. The van der Waals surface area contributed by atoms with E-state index in [1.165, 1.54) is 0 Å². The lowest BCUT2D eigenvalue weighted by Gasteiger charge is -2.39. The summed E-state index contributed by atoms with van der Waals surface area (Å²) in [5.74, 6) is -0.365. The summed E-state index contributed by atoms with van der Waals surface area (Å²) in [7, 11) is 0. The van der Waals surface area contributed by atoms with Gasteiger partial charge in [0.1, 0.15) is 10.9 Å². The van der Waals surface area contributed by atoms with Gasteiger partial charge in [-0.1, -0.05) is 43.7 Å². The quantitative estimate of drug-likeness (QED) is 0.786. The van der Waals surface area contributed by atoms with Gasteiger partial charge in [0.2, 0.25) is 5.91 Å². The van der Waals surface area contributed by atoms with Crippen LogP contribution in [0.5, 0.6) is 0 Å². The molecular weight excluding hydrogens is 326 g/mol. The van der Waals surface area contributed by atoms with E-state index < -0.39 is 22.8 Å². The number of rotatable bonds is 5. The Morgan fingerprint density at radius 1 is 1.21 bits per heavy atom. The Labute approximate surface area is 148 Å². The molecule has 1 aromatic carbocycles. The molecular formula is C19H26ClNO3. The molecule has 2 N–H and O–H groups in total. The fraction of sp³-hybridized carbons (Fsp3) is 0.579. The van der Waals surface area contributed by atoms with E-state index in [9.17, 15) is 14.7 Å². The molecule has 0 saturated heterocycles. The molecule has 1 fully saturated rings. The van der Waals surface area contributed by atoms with E-state index >= 15 is 0 Å². The number of hydrogen-bond donors (Lipinski definition) is 2. The number of carboxylic acid groups (broad SMARTS) is 1. The van der Waals surface area contributed by atoms with Gasteiger partial charge in [0.05, 0.1) is 0 Å². The van der Waals surface area contributed by atoms with Crippen molar-refractivity contribution in [1.82, 2.24) is 5.32 Å². The third-order valence-corrected chi connectivity index (χ3v) is 5.65. The van der Waals surface area contributed by atoms with Crippen LogP contribution in [0.2, 0.25) is 0 Å². The zero-order chi connectivity index (χ0) is 17.9. The summed E-state index contributed by atoms with van der Waals surface area (Å²) in [6, 6.07) is 7.38. The molecule has 0 spiro atoms. The second-order valence-electron chi connectivity index (χ2n) is 7.23. The lowest BCUT2D eigenvalue weighted by Crippen LogP contribution is -2.57. The Morgan fingerprint density at radius 3 is 2.21 bits per heavy atom. The van der Waals surface area contributed by atoms with E-state index in [0.29, 0.717) is 30.2 Å². The van der Waals surface area contributed by atoms with Gasteiger partial charge in [-0.3, -0.25) is 4.79 Å². The van der Waals surface area contributed by atoms with Gasteiger partial charge in [0.15, 0.2) is 0 Å². The fourth-order valence-corrected chi connectivity index (χ4v) is 3.58. The Kier molecular flexibility index (Phi) is 5.92. The average molecular weight is 352 g/mol. The zero-order valence-corrected chi connectivity index (χ0v) is 15.3. The normalized spacial score (nSPS) is 25.3. The molecule has 0 heterocycles. The molecule has 0 aliphatic heterocycles. The molecule has 1 saturated carbocycles. The number of aryl methyl sites for hydroxylation is 1. The van der Waals surface area contributed by atoms with Crippen LogP contribution < -0.4 is 5.32 Å². The van der Waals surface area contributed by atoms with E-state index in [4.69, 9.17) is 11.6 Å². The standard InChI is InChI=1S/C19H26ClNO3/c1-12(2)14-8-10-19(11-9-14,18(23)24)21-17(22)16(20)15-6-4-13(3)5-7-15/h4-7,12,14,16H,8-11H2,1-3H3,(H,21,22)(H,23,24). The highest BCUT2D eigenvalue weighted by Crippen LogP contribution is 2.37. The summed E-state index contributed by atoms with van der Waals surface area (Å²) < 4.78 is 0. The first-order chi connectivity index (χ1) is 11.2. The molecule has 0 bridgehead atoms. The highest BCUT2D eigenvalue weighted by Gasteiger charge is 2.44. The van der Waals surface area contributed by atoms with E-state index in [1.54, 1.807) is 12.1 Å². The summed E-state index contributed by atoms with van der Waals surface area (Å²) in [5, 5.41) is 11.5. The monoisotopic (exact) mass is 351 g/mol. The van der Waals surface area contributed by atoms with Crippen molar-refractivity contribution in [3.63, 3.8) is 0 Å². The van der Waals surface area contributed by atoms with Crippen molar-refractivity contribution < 1.29 is 14.7 Å². The van der Waals surface area contributed by atoms with Gasteiger partial charge in [0.25, 0.3) is 0 Å². The Morgan fingerprint density at radius 2 is 1.75 bits per heavy atom. The largest absolute Gasteiger partial charge is 0.480 e. The van der Waals surface area contributed by atoms with Crippen LogP contribution in [0, 0.1) is 18.8 Å². The van der Waals surface area contributed by atoms with Gasteiger partial charge < -0.3 is 10.4 Å². The van der Waals surface area contributed by atoms with E-state index in [0.717, 1.165) is 18.4 Å². The van der Waals surface area contributed by atoms with Gasteiger partial charge in [-0.25, -0.2) is 4.79 Å². The van der Waals surface area contributed by atoms with Crippen LogP contribution in [-0.2, 0) is 9.59 Å². The van der Waals surface area contributed by atoms with Crippen molar-refractivity contribution in [1.29, 1.82) is 0 Å². The molecule has 132 valence electrons. The first kappa shape index (κ1) is 18.8. The summed E-state index contributed by atoms with van der Waals surface area (Å²) in [4.78, 5) is 24.3. The maximum absolute atomic E-state index is 12.5. The van der Waals surface area contributed by atoms with Crippen LogP contribution in [0.4, 0.5) is 0 Å². The number of carboxylic acids is 1. The number of amides is 1. The third kappa shape index (κ3) is 4.10. The second kappa shape index (κ2) is 7.56. The molecule has 1 unspecified atom stereocenters. The van der Waals surface area contributed by atoms with Crippen molar-refractivity contribution >= 4 is 23.5 Å². The lowest BCUT2D eigenvalue weighted by atomic mass is 9.72. The van der Waals surface area contributed by atoms with Crippen LogP contribution in [0.1, 0.15) is 56.0 Å². The number of hydrogen-bond acceptors (Lipinski definition) is 2. The molecule has 5 heteroatoms. The Balaban J connectivity index is 2.09. The molecule has 24 heavy (non-hydrogen) atoms. The maximum atomic E-state index is 12.5. The van der Waals surface area contributed by atoms with Gasteiger partial charge in [-0.05, 0) is 50.0 Å². The SMILES string of the molecule is Cc1ccc(C(Cl)C(=O)NC2(C(=O)O)CCC(C(C)C)CC2)cc1. The first-order valence-corrected chi connectivity index (χ1v) is 8.95. The number of alkyl halides is 1. The number of halogens is 1. The van der Waals surface area contributed by atoms with Crippen LogP contribution >= 0.6 is 11.6 Å². The lowest BCUT2D eigenvalue weighted by molar-refractivity contribution is -0.149. The number of nitrogens with one attached hydrogen (secondary N) is 1. The minimum Gasteiger partial charge on any atom is -0.480 e. The molecule has 1 aliphatic rings. The van der Waals surface area contributed by atoms with Gasteiger partial charge in [0, 0.05) is 0 Å². The van der Waals surface area contributed by atoms with Crippen molar-refractivity contribution in [3.05, 3.63) is 35.4 Å². The predicted octanol–water partition coefficient (Wildman–Crippen LogP) is 4.06. The Bertz CT molecular complexity index is 589. The molecule has 0 radical (unpaired) electrons. The van der Waals surface area contributed by atoms with Gasteiger partial charge >= 0.3 is 5.97 Å². The molecule has 2 rings (SSSR count). The Hall–Kier alpha value is -1.55. The predicted molar refractivity (Wildman–Crippen MR) is 95.1 cm³/mol. The number of carbonyl (C=O) groups is 2. The van der Waals surface area contributed by atoms with E-state index in [2.05, 4.69) is 19.2 Å². The smallest absolute Gasteiger partial charge is 0.329 e. The van der Waals surface area contributed by atoms with Crippen molar-refractivity contribution in [3.8, 4) is 0 Å². The fourth-order valence-electron chi connectivity index (χ4n) is 3.38. The average Bonchev–Trinajstić information content (AvgIpc) is 2.55. The third-order valence-electron chi connectivity index (χ3n) is 5.20. The molecule has 1 aromatic rings.